The molecule has 0 atom stereocenters. The van der Waals surface area contributed by atoms with Crippen LogP contribution in [-0.4, -0.2) is 33.5 Å². The third kappa shape index (κ3) is 4.04. The molecule has 5 aromatic rings. The highest BCUT2D eigenvalue weighted by atomic mass is 32.1. The summed E-state index contributed by atoms with van der Waals surface area (Å²) in [4.78, 5) is 47.0. The predicted molar refractivity (Wildman–Crippen MR) is 131 cm³/mol. The van der Waals surface area contributed by atoms with Crippen LogP contribution in [0.2, 0.25) is 0 Å². The zero-order valence-corrected chi connectivity index (χ0v) is 18.8. The van der Waals surface area contributed by atoms with Gasteiger partial charge >= 0.3 is 5.97 Å². The molecule has 3 aromatic heterocycles. The number of carbonyl (C=O) groups excluding carboxylic acids is 2. The molecule has 0 fully saturated rings. The molecule has 5 rings (SSSR count). The maximum Gasteiger partial charge on any atom is 0.337 e. The highest BCUT2D eigenvalue weighted by Crippen LogP contribution is 2.31. The highest BCUT2D eigenvalue weighted by Gasteiger charge is 2.15. The number of aromatic nitrogens is 3. The van der Waals surface area contributed by atoms with Gasteiger partial charge in [0.2, 0.25) is 5.91 Å². The quantitative estimate of drug-likeness (QED) is 0.388. The lowest BCUT2D eigenvalue weighted by atomic mass is 10.1. The highest BCUT2D eigenvalue weighted by molar-refractivity contribution is 7.25. The zero-order valence-electron chi connectivity index (χ0n) is 18.0. The molecule has 0 bridgehead atoms. The van der Waals surface area contributed by atoms with Gasteiger partial charge in [-0.15, -0.1) is 11.3 Å². The van der Waals surface area contributed by atoms with E-state index in [-0.39, 0.29) is 18.0 Å². The number of anilines is 1. The van der Waals surface area contributed by atoms with Crippen molar-refractivity contribution in [3.05, 3.63) is 89.0 Å². The summed E-state index contributed by atoms with van der Waals surface area (Å²) in [5, 5.41) is 3.52. The van der Waals surface area contributed by atoms with Crippen LogP contribution in [0.3, 0.4) is 0 Å². The predicted octanol–water partition coefficient (Wildman–Crippen LogP) is 4.10. The first-order valence-corrected chi connectivity index (χ1v) is 11.2. The maximum atomic E-state index is 13.1. The van der Waals surface area contributed by atoms with E-state index in [4.69, 9.17) is 4.98 Å². The minimum absolute atomic E-state index is 0.197. The van der Waals surface area contributed by atoms with Crippen molar-refractivity contribution < 1.29 is 14.3 Å². The first kappa shape index (κ1) is 21.5. The smallest absolute Gasteiger partial charge is 0.337 e. The van der Waals surface area contributed by atoms with Gasteiger partial charge in [-0.25, -0.2) is 14.8 Å². The fourth-order valence-electron chi connectivity index (χ4n) is 3.59. The van der Waals surface area contributed by atoms with E-state index in [1.54, 1.807) is 24.3 Å². The van der Waals surface area contributed by atoms with Gasteiger partial charge in [0, 0.05) is 16.6 Å². The van der Waals surface area contributed by atoms with E-state index in [9.17, 15) is 14.4 Å². The van der Waals surface area contributed by atoms with Gasteiger partial charge in [0.05, 0.1) is 30.2 Å². The molecule has 0 spiro atoms. The van der Waals surface area contributed by atoms with Crippen molar-refractivity contribution >= 4 is 49.3 Å². The molecular weight excluding hydrogens is 452 g/mol. The Morgan fingerprint density at radius 2 is 1.79 bits per heavy atom. The lowest BCUT2D eigenvalue weighted by molar-refractivity contribution is -0.116. The fourth-order valence-corrected chi connectivity index (χ4v) is 4.67. The molecule has 0 aliphatic rings. The van der Waals surface area contributed by atoms with Crippen LogP contribution in [0.15, 0.2) is 77.9 Å². The first-order valence-electron chi connectivity index (χ1n) is 10.4. The van der Waals surface area contributed by atoms with Crippen LogP contribution in [0.1, 0.15) is 10.4 Å². The van der Waals surface area contributed by atoms with E-state index in [2.05, 4.69) is 15.0 Å². The van der Waals surface area contributed by atoms with E-state index in [0.29, 0.717) is 26.3 Å². The molecule has 0 unspecified atom stereocenters. The Balaban J connectivity index is 1.40. The number of ether oxygens (including phenoxy) is 1. The average molecular weight is 471 g/mol. The summed E-state index contributed by atoms with van der Waals surface area (Å²) in [6.07, 6.45) is 1.38. The number of hydrogen-bond donors (Lipinski definition) is 1. The number of carbonyl (C=O) groups is 2. The largest absolute Gasteiger partial charge is 0.465 e. The van der Waals surface area contributed by atoms with Crippen molar-refractivity contribution in [2.75, 3.05) is 12.4 Å². The molecule has 0 saturated carbocycles. The van der Waals surface area contributed by atoms with Crippen LogP contribution in [0.4, 0.5) is 5.69 Å². The maximum absolute atomic E-state index is 13.1. The van der Waals surface area contributed by atoms with E-state index >= 15 is 0 Å². The Labute approximate surface area is 197 Å². The van der Waals surface area contributed by atoms with Crippen molar-refractivity contribution in [2.45, 2.75) is 6.54 Å². The minimum atomic E-state index is -0.461. The normalized spacial score (nSPS) is 11.0. The van der Waals surface area contributed by atoms with E-state index in [1.807, 2.05) is 42.5 Å². The van der Waals surface area contributed by atoms with Gasteiger partial charge in [-0.2, -0.15) is 0 Å². The van der Waals surface area contributed by atoms with Crippen LogP contribution in [0, 0.1) is 0 Å². The Hall–Kier alpha value is -4.37. The lowest BCUT2D eigenvalue weighted by Crippen LogP contribution is -2.27. The molecule has 3 heterocycles. The third-order valence-corrected chi connectivity index (χ3v) is 6.36. The molecule has 168 valence electrons. The lowest BCUT2D eigenvalue weighted by Gasteiger charge is -2.08. The number of nitrogens with one attached hydrogen (secondary N) is 1. The first-order chi connectivity index (χ1) is 16.5. The summed E-state index contributed by atoms with van der Waals surface area (Å²) < 4.78 is 6.38. The number of fused-ring (bicyclic) bond motifs is 3. The monoisotopic (exact) mass is 470 g/mol. The zero-order chi connectivity index (χ0) is 23.7. The van der Waals surface area contributed by atoms with Crippen LogP contribution < -0.4 is 10.9 Å². The Morgan fingerprint density at radius 1 is 1.03 bits per heavy atom. The van der Waals surface area contributed by atoms with Gasteiger partial charge in [0.25, 0.3) is 5.56 Å². The molecule has 34 heavy (non-hydrogen) atoms. The summed E-state index contributed by atoms with van der Waals surface area (Å²) in [5.74, 6) is -0.850. The van der Waals surface area contributed by atoms with Gasteiger partial charge in [-0.05, 0) is 36.4 Å². The molecule has 9 heteroatoms. The molecule has 1 amide bonds. The number of nitrogens with zero attached hydrogens (tertiary/aromatic N) is 3. The number of thiophene rings is 1. The van der Waals surface area contributed by atoms with Gasteiger partial charge in [-0.3, -0.25) is 14.2 Å². The van der Waals surface area contributed by atoms with Gasteiger partial charge in [0.15, 0.2) is 0 Å². The number of esters is 1. The number of rotatable bonds is 5. The number of hydrogen-bond acceptors (Lipinski definition) is 7. The minimum Gasteiger partial charge on any atom is -0.465 e. The molecule has 8 nitrogen and oxygen atoms in total. The number of amides is 1. The van der Waals surface area contributed by atoms with Gasteiger partial charge < -0.3 is 10.1 Å². The summed E-state index contributed by atoms with van der Waals surface area (Å²) in [6, 6.07) is 19.9. The summed E-state index contributed by atoms with van der Waals surface area (Å²) >= 11 is 1.27. The van der Waals surface area contributed by atoms with Crippen molar-refractivity contribution in [3.63, 3.8) is 0 Å². The van der Waals surface area contributed by atoms with Crippen molar-refractivity contribution in [2.24, 2.45) is 0 Å². The van der Waals surface area contributed by atoms with Crippen LogP contribution in [0.5, 0.6) is 0 Å². The topological polar surface area (TPSA) is 103 Å². The number of pyridine rings is 1. The molecule has 0 aliphatic heterocycles. The Bertz CT molecular complexity index is 1590. The van der Waals surface area contributed by atoms with Crippen LogP contribution in [0.25, 0.3) is 31.7 Å². The third-order valence-electron chi connectivity index (χ3n) is 5.28. The van der Waals surface area contributed by atoms with Crippen molar-refractivity contribution in [1.29, 1.82) is 0 Å². The van der Waals surface area contributed by atoms with E-state index in [1.165, 1.54) is 29.3 Å². The second kappa shape index (κ2) is 8.87. The second-order valence-electron chi connectivity index (χ2n) is 7.49. The van der Waals surface area contributed by atoms with Gasteiger partial charge in [0.1, 0.15) is 16.1 Å². The summed E-state index contributed by atoms with van der Waals surface area (Å²) in [6.45, 7) is -0.197. The van der Waals surface area contributed by atoms with Crippen molar-refractivity contribution in [1.82, 2.24) is 14.5 Å². The number of benzene rings is 2. The molecule has 0 aliphatic carbocycles. The van der Waals surface area contributed by atoms with E-state index in [0.717, 1.165) is 16.6 Å². The fraction of sp³-hybridized carbons (Fsp3) is 0.0800. The number of methoxy groups -OCH3 is 1. The van der Waals surface area contributed by atoms with E-state index < -0.39 is 5.97 Å². The molecule has 1 N–H and O–H groups in total. The Kier molecular flexibility index (Phi) is 5.60. The second-order valence-corrected chi connectivity index (χ2v) is 8.49. The summed E-state index contributed by atoms with van der Waals surface area (Å²) in [5.41, 5.74) is 2.96. The van der Waals surface area contributed by atoms with Crippen LogP contribution in [-0.2, 0) is 16.1 Å². The molecule has 0 radical (unpaired) electrons. The SMILES string of the molecule is COC(=O)c1ccc(NC(=O)Cn2cnc3c(sc4nc(-c5ccccc5)ccc43)c2=O)cc1. The molecule has 2 aromatic carbocycles. The average Bonchev–Trinajstić information content (AvgIpc) is 3.25. The molecular formula is C25H18N4O4S. The standard InChI is InChI=1S/C25H18N4O4S/c1-33-25(32)16-7-9-17(10-8-16)27-20(30)13-29-14-26-21-18-11-12-19(15-5-3-2-4-6-15)28-23(18)34-22(21)24(29)31/h2-12,14H,13H2,1H3,(H,27,30). The van der Waals surface area contributed by atoms with Crippen LogP contribution >= 0.6 is 11.3 Å². The Morgan fingerprint density at radius 3 is 2.53 bits per heavy atom. The van der Waals surface area contributed by atoms with Gasteiger partial charge in [-0.1, -0.05) is 30.3 Å². The molecule has 0 saturated heterocycles. The van der Waals surface area contributed by atoms with Crippen molar-refractivity contribution in [3.8, 4) is 11.3 Å². The summed E-state index contributed by atoms with van der Waals surface area (Å²) in [7, 11) is 1.30.